The summed E-state index contributed by atoms with van der Waals surface area (Å²) in [5, 5.41) is 56.8. The van der Waals surface area contributed by atoms with Crippen LogP contribution in [0.2, 0.25) is 0 Å². The number of guanidine groups is 4. The largest absolute Gasteiger partial charge is 0.370 e. The van der Waals surface area contributed by atoms with E-state index in [-0.39, 0.29) is 106 Å². The molecule has 0 bridgehead atoms. The first-order chi connectivity index (χ1) is 40.2. The van der Waals surface area contributed by atoms with Gasteiger partial charge >= 0.3 is 0 Å². The van der Waals surface area contributed by atoms with Crippen LogP contribution in [-0.4, -0.2) is 121 Å². The van der Waals surface area contributed by atoms with Gasteiger partial charge in [0.1, 0.15) is 41.4 Å². The third-order valence-electron chi connectivity index (χ3n) is 12.1. The van der Waals surface area contributed by atoms with E-state index in [0.29, 0.717) is 6.42 Å². The minimum atomic E-state index is -1.53. The third-order valence-corrected chi connectivity index (χ3v) is 12.1. The number of amides is 8. The van der Waals surface area contributed by atoms with Crippen molar-refractivity contribution in [2.45, 2.75) is 75.5 Å². The van der Waals surface area contributed by atoms with Crippen molar-refractivity contribution in [1.82, 2.24) is 37.2 Å². The molecule has 0 saturated carbocycles. The first kappa shape index (κ1) is 66.9. The second-order valence-electron chi connectivity index (χ2n) is 18.7. The maximum atomic E-state index is 15.6. The number of hydrogen-bond acceptors (Lipinski definition) is 13. The van der Waals surface area contributed by atoms with Crippen LogP contribution in [-0.2, 0) is 19.2 Å². The zero-order valence-corrected chi connectivity index (χ0v) is 45.5. The highest BCUT2D eigenvalue weighted by atomic mass is 19.1. The minimum Gasteiger partial charge on any atom is -0.370 e. The van der Waals surface area contributed by atoms with Gasteiger partial charge < -0.3 is 92.9 Å². The molecule has 0 aliphatic heterocycles. The van der Waals surface area contributed by atoms with E-state index in [1.165, 1.54) is 6.07 Å². The summed E-state index contributed by atoms with van der Waals surface area (Å²) in [4.78, 5) is 107. The van der Waals surface area contributed by atoms with Crippen molar-refractivity contribution in [3.8, 4) is 0 Å². The summed E-state index contributed by atoms with van der Waals surface area (Å²) >= 11 is 0. The average molecular weight is 1190 g/mol. The summed E-state index contributed by atoms with van der Waals surface area (Å²) in [7, 11) is 0. The molecule has 0 aliphatic rings. The molecule has 29 nitrogen and oxygen atoms in total. The SMILES string of the molecule is N=C(N)NCCC[C@@H](N)C(=O)Nc1ccc(F)c(C(=O)N[C@H](CCCNC(=N)N)C(=O)Nc2ccc(F)c(C(=O)N[C@H](CCCNC(=N)N)C(=O)Nc3ccc(F)c(C(=O)N[C@H](CCCNC(=N)N)C(=O)Nc4ccc(F)c(C(N)=O)c4)c3)c2)c1. The fourth-order valence-corrected chi connectivity index (χ4v) is 7.82. The Labute approximate surface area is 483 Å². The molecule has 4 atom stereocenters. The summed E-state index contributed by atoms with van der Waals surface area (Å²) in [6, 6.07) is 6.17. The molecule has 27 N–H and O–H groups in total. The number of primary amides is 1. The normalized spacial score (nSPS) is 12.1. The van der Waals surface area contributed by atoms with Gasteiger partial charge in [-0.2, -0.15) is 0 Å². The van der Waals surface area contributed by atoms with Crippen LogP contribution in [0.1, 0.15) is 92.8 Å². The van der Waals surface area contributed by atoms with Crippen molar-refractivity contribution < 1.29 is 55.9 Å². The van der Waals surface area contributed by atoms with Crippen LogP contribution in [0.4, 0.5) is 40.3 Å². The first-order valence-electron chi connectivity index (χ1n) is 25.9. The van der Waals surface area contributed by atoms with Crippen molar-refractivity contribution in [1.29, 1.82) is 21.6 Å². The van der Waals surface area contributed by atoms with Crippen LogP contribution in [0.25, 0.3) is 0 Å². The molecule has 4 aromatic rings. The van der Waals surface area contributed by atoms with E-state index in [0.717, 1.165) is 66.7 Å². The number of hydrogen-bond donors (Lipinski definition) is 21. The van der Waals surface area contributed by atoms with Crippen molar-refractivity contribution >= 4 is 93.8 Å². The van der Waals surface area contributed by atoms with Gasteiger partial charge in [0.05, 0.1) is 28.3 Å². The molecule has 0 heterocycles. The summed E-state index contributed by atoms with van der Waals surface area (Å²) < 4.78 is 60.4. The standard InChI is InChI=1S/C52H67F4N21O8/c53-33-13-9-25(21-29(33)41(58)78)72-46(83)38(6-2-18-68-50(61)62)75-43(80)31-23-27(11-15-35(31)55)74-48(85)40(8-4-20-70-52(65)66)77-44(81)32-24-28(12-16-36(32)56)73-47(84)39(7-3-19-69-51(63)64)76-42(79)30-22-26(10-14-34(30)54)71-45(82)37(57)5-1-17-67-49(59)60/h9-16,21-24,37-40H,1-8,17-20,57H2,(H2,58,78)(H,71,82)(H,72,83)(H,73,84)(H,74,85)(H,75,80)(H,76,79)(H,77,81)(H4,59,60,67)(H4,61,62,68)(H4,63,64,69)(H4,65,66,70)/t37-,38-,39-,40-/m1/s1. The zero-order valence-electron chi connectivity index (χ0n) is 45.5. The fourth-order valence-electron chi connectivity index (χ4n) is 7.82. The van der Waals surface area contributed by atoms with E-state index in [9.17, 15) is 42.7 Å². The van der Waals surface area contributed by atoms with Gasteiger partial charge in [0.25, 0.3) is 23.6 Å². The maximum Gasteiger partial charge on any atom is 0.254 e. The number of nitrogens with one attached hydrogen (secondary N) is 15. The Hall–Kier alpha value is -10.6. The van der Waals surface area contributed by atoms with Crippen molar-refractivity contribution in [3.63, 3.8) is 0 Å². The molecule has 0 radical (unpaired) electrons. The Morgan fingerprint density at radius 1 is 0.376 bits per heavy atom. The molecule has 0 aliphatic carbocycles. The molecular weight excluding hydrogens is 1120 g/mol. The Morgan fingerprint density at radius 2 is 0.624 bits per heavy atom. The second-order valence-corrected chi connectivity index (χ2v) is 18.7. The predicted octanol–water partition coefficient (Wildman–Crippen LogP) is -0.128. The fraction of sp³-hybridized carbons (Fsp3) is 0.308. The van der Waals surface area contributed by atoms with E-state index >= 15 is 13.2 Å². The summed E-state index contributed by atoms with van der Waals surface area (Å²) in [5.41, 5.74) is 29.5. The number of anilines is 4. The molecule has 0 spiro atoms. The molecule has 0 aromatic heterocycles. The Kier molecular flexibility index (Phi) is 25.8. The van der Waals surface area contributed by atoms with Gasteiger partial charge in [0, 0.05) is 48.9 Å². The first-order valence-corrected chi connectivity index (χ1v) is 25.9. The molecule has 0 saturated heterocycles. The molecule has 33 heteroatoms. The lowest BCUT2D eigenvalue weighted by Crippen LogP contribution is -2.45. The van der Waals surface area contributed by atoms with E-state index in [1.54, 1.807) is 0 Å². The monoisotopic (exact) mass is 1190 g/mol. The summed E-state index contributed by atoms with van der Waals surface area (Å²) in [6.45, 7) is 0.380. The van der Waals surface area contributed by atoms with Crippen molar-refractivity contribution in [2.24, 2.45) is 34.4 Å². The number of rotatable bonds is 31. The lowest BCUT2D eigenvalue weighted by molar-refractivity contribution is -0.118. The number of carbonyl (C=O) groups is 8. The highest BCUT2D eigenvalue weighted by Crippen LogP contribution is 2.22. The average Bonchev–Trinajstić information content (AvgIpc) is 3.26. The lowest BCUT2D eigenvalue weighted by Gasteiger charge is -2.21. The van der Waals surface area contributed by atoms with Crippen LogP contribution in [0.5, 0.6) is 0 Å². The van der Waals surface area contributed by atoms with Gasteiger partial charge in [-0.15, -0.1) is 0 Å². The third kappa shape index (κ3) is 22.3. The molecule has 456 valence electrons. The van der Waals surface area contributed by atoms with Crippen LogP contribution >= 0.6 is 0 Å². The zero-order chi connectivity index (χ0) is 62.9. The van der Waals surface area contributed by atoms with Gasteiger partial charge in [0.2, 0.25) is 23.6 Å². The van der Waals surface area contributed by atoms with Crippen molar-refractivity contribution in [3.05, 3.63) is 118 Å². The Morgan fingerprint density at radius 3 is 0.894 bits per heavy atom. The van der Waals surface area contributed by atoms with Gasteiger partial charge in [0.15, 0.2) is 23.8 Å². The van der Waals surface area contributed by atoms with E-state index in [1.807, 2.05) is 0 Å². The van der Waals surface area contributed by atoms with E-state index < -0.39 is 129 Å². The predicted molar refractivity (Wildman–Crippen MR) is 307 cm³/mol. The molecule has 0 fully saturated rings. The van der Waals surface area contributed by atoms with Gasteiger partial charge in [-0.25, -0.2) is 17.6 Å². The van der Waals surface area contributed by atoms with Gasteiger partial charge in [-0.1, -0.05) is 0 Å². The van der Waals surface area contributed by atoms with Gasteiger partial charge in [-0.05, 0) is 124 Å². The molecular formula is C52H67F4N21O8. The Balaban J connectivity index is 1.54. The Bertz CT molecular complexity index is 3170. The highest BCUT2D eigenvalue weighted by molar-refractivity contribution is 6.06. The molecule has 4 aromatic carbocycles. The number of benzene rings is 4. The summed E-state index contributed by atoms with van der Waals surface area (Å²) in [6.07, 6.45) is 0.290. The van der Waals surface area contributed by atoms with Gasteiger partial charge in [-0.3, -0.25) is 60.0 Å². The maximum absolute atomic E-state index is 15.6. The molecule has 4 rings (SSSR count). The quantitative estimate of drug-likeness (QED) is 0.0135. The molecule has 0 unspecified atom stereocenters. The highest BCUT2D eigenvalue weighted by Gasteiger charge is 2.29. The number of carbonyl (C=O) groups excluding carboxylic acids is 8. The smallest absolute Gasteiger partial charge is 0.254 e. The minimum absolute atomic E-state index is 0.00759. The molecule has 85 heavy (non-hydrogen) atoms. The van der Waals surface area contributed by atoms with E-state index in [2.05, 4.69) is 58.5 Å². The van der Waals surface area contributed by atoms with Crippen LogP contribution in [0.3, 0.4) is 0 Å². The topological polar surface area (TPSA) is 520 Å². The second kappa shape index (κ2) is 32.7. The van der Waals surface area contributed by atoms with Crippen LogP contribution in [0.15, 0.2) is 72.8 Å². The number of halogens is 4. The lowest BCUT2D eigenvalue weighted by atomic mass is 10.1. The van der Waals surface area contributed by atoms with Crippen LogP contribution < -0.4 is 92.9 Å². The number of nitrogens with two attached hydrogens (primary N) is 6. The van der Waals surface area contributed by atoms with Crippen molar-refractivity contribution in [2.75, 3.05) is 47.4 Å². The van der Waals surface area contributed by atoms with E-state index in [4.69, 9.17) is 56.0 Å². The summed E-state index contributed by atoms with van der Waals surface area (Å²) in [5.74, 6) is -13.8. The molecule has 8 amide bonds. The van der Waals surface area contributed by atoms with Crippen LogP contribution in [0, 0.1) is 44.9 Å².